The summed E-state index contributed by atoms with van der Waals surface area (Å²) in [5.74, 6) is -3.50. The second kappa shape index (κ2) is 25.3. The Labute approximate surface area is 391 Å². The van der Waals surface area contributed by atoms with Gasteiger partial charge in [-0.2, -0.15) is 0 Å². The molecule has 1 aliphatic carbocycles. The highest BCUT2D eigenvalue weighted by Crippen LogP contribution is 2.44. The van der Waals surface area contributed by atoms with Crippen molar-refractivity contribution in [2.75, 3.05) is 19.8 Å². The molecule has 5 aromatic rings. The first-order chi connectivity index (χ1) is 32.6. The van der Waals surface area contributed by atoms with Crippen molar-refractivity contribution in [3.63, 3.8) is 0 Å². The van der Waals surface area contributed by atoms with Crippen molar-refractivity contribution >= 4 is 29.8 Å². The van der Waals surface area contributed by atoms with E-state index < -0.39 is 60.5 Å². The van der Waals surface area contributed by atoms with Gasteiger partial charge in [-0.05, 0) is 76.8 Å². The van der Waals surface area contributed by atoms with Crippen LogP contribution in [0.25, 0.3) is 11.1 Å². The highest BCUT2D eigenvalue weighted by Gasteiger charge is 2.33. The number of hydrogen-bond acceptors (Lipinski definition) is 10. The van der Waals surface area contributed by atoms with Gasteiger partial charge < -0.3 is 40.0 Å². The summed E-state index contributed by atoms with van der Waals surface area (Å²) in [5, 5.41) is 18.2. The van der Waals surface area contributed by atoms with Gasteiger partial charge in [0.2, 0.25) is 11.8 Å². The highest BCUT2D eigenvalue weighted by molar-refractivity contribution is 5.90. The fourth-order valence-corrected chi connectivity index (χ4v) is 7.77. The third-order valence-corrected chi connectivity index (χ3v) is 11.3. The Morgan fingerprint density at radius 3 is 1.84 bits per heavy atom. The van der Waals surface area contributed by atoms with Crippen LogP contribution in [0.2, 0.25) is 0 Å². The molecule has 348 valence electrons. The molecule has 3 amide bonds. The molecule has 0 radical (unpaired) electrons. The average molecular weight is 908 g/mol. The van der Waals surface area contributed by atoms with Crippen LogP contribution in [0.1, 0.15) is 59.4 Å². The van der Waals surface area contributed by atoms with E-state index in [1.807, 2.05) is 109 Å². The lowest BCUT2D eigenvalue weighted by Gasteiger charge is -2.23. The van der Waals surface area contributed by atoms with Crippen molar-refractivity contribution in [3.8, 4) is 16.9 Å². The number of hydrogen-bond donors (Lipinski definition) is 4. The number of carbonyl (C=O) groups is 5. The summed E-state index contributed by atoms with van der Waals surface area (Å²) in [4.78, 5) is 67.7. The molecule has 4 atom stereocenters. The Bertz CT molecular complexity index is 2400. The van der Waals surface area contributed by atoms with Crippen molar-refractivity contribution in [2.24, 2.45) is 5.92 Å². The maximum Gasteiger partial charge on any atom is 0.407 e. The summed E-state index contributed by atoms with van der Waals surface area (Å²) in [6, 6.07) is 38.5. The minimum Gasteiger partial charge on any atom is -0.489 e. The van der Waals surface area contributed by atoms with Crippen LogP contribution < -0.4 is 20.7 Å². The number of nitrogens with one attached hydrogen (secondary N) is 3. The van der Waals surface area contributed by atoms with E-state index in [4.69, 9.17) is 18.9 Å². The Kier molecular flexibility index (Phi) is 18.4. The normalized spacial score (nSPS) is 13.3. The predicted octanol–water partition coefficient (Wildman–Crippen LogP) is 7.51. The number of alkyl carbamates (subject to hydrolysis) is 1. The van der Waals surface area contributed by atoms with Crippen molar-refractivity contribution in [2.45, 2.75) is 69.4 Å². The first-order valence-electron chi connectivity index (χ1n) is 22.3. The molecular formula is C54H57N3O10. The first kappa shape index (κ1) is 48.9. The number of carbonyl (C=O) groups excluding carboxylic acids is 5. The molecule has 0 heterocycles. The Morgan fingerprint density at radius 1 is 0.627 bits per heavy atom. The molecular weight excluding hydrogens is 851 g/mol. The lowest BCUT2D eigenvalue weighted by Crippen LogP contribution is -2.50. The summed E-state index contributed by atoms with van der Waals surface area (Å²) in [7, 11) is 0. The number of ether oxygens (including phenoxy) is 4. The van der Waals surface area contributed by atoms with Gasteiger partial charge in [-0.3, -0.25) is 9.59 Å². The fourth-order valence-electron chi connectivity index (χ4n) is 7.77. The molecule has 0 unspecified atom stereocenters. The zero-order valence-electron chi connectivity index (χ0n) is 37.3. The standard InChI is InChI=1S/C54H57N3O10/c1-3-5-25-48(57-54(63)67-35-47-45-23-14-12-21-43(45)44-22-13-15-24-46(44)47)52(61)66-36-49(53(62)65-34-39-19-10-7-11-20-39)56-51(60)40(16-4-2)31-50(59)55-41(32-58)30-37-26-28-42(29-27-37)64-33-38-17-8-6-9-18-38/h3-4,6-15,17-24,26-29,40-41,47-49,58H,1-2,5,16,25,30-36H2,(H,55,59)(H,56,60)(H,57,63)/t40-,41+,48+,49-/m1/s1. The molecule has 1 aliphatic rings. The van der Waals surface area contributed by atoms with E-state index in [0.29, 0.717) is 30.8 Å². The van der Waals surface area contributed by atoms with Crippen LogP contribution in [-0.2, 0) is 53.0 Å². The first-order valence-corrected chi connectivity index (χ1v) is 22.3. The Balaban J connectivity index is 1.05. The fraction of sp³-hybridized carbons (Fsp3) is 0.278. The van der Waals surface area contributed by atoms with E-state index >= 15 is 0 Å². The van der Waals surface area contributed by atoms with Gasteiger partial charge in [0.25, 0.3) is 0 Å². The molecule has 4 N–H and O–H groups in total. The second-order valence-corrected chi connectivity index (χ2v) is 16.2. The quantitative estimate of drug-likeness (QED) is 0.0260. The summed E-state index contributed by atoms with van der Waals surface area (Å²) >= 11 is 0. The molecule has 13 heteroatoms. The summed E-state index contributed by atoms with van der Waals surface area (Å²) in [6.45, 7) is 6.77. The van der Waals surface area contributed by atoms with Gasteiger partial charge in [0, 0.05) is 12.3 Å². The maximum absolute atomic E-state index is 13.8. The minimum absolute atomic E-state index is 0.0224. The maximum atomic E-state index is 13.8. The molecule has 0 aromatic heterocycles. The summed E-state index contributed by atoms with van der Waals surface area (Å²) < 4.78 is 22.7. The number of allylic oxidation sites excluding steroid dienone is 2. The van der Waals surface area contributed by atoms with Gasteiger partial charge >= 0.3 is 18.0 Å². The minimum atomic E-state index is -1.49. The van der Waals surface area contributed by atoms with Crippen molar-refractivity contribution in [1.29, 1.82) is 0 Å². The molecule has 0 aliphatic heterocycles. The summed E-state index contributed by atoms with van der Waals surface area (Å²) in [5.41, 5.74) is 6.75. The van der Waals surface area contributed by atoms with E-state index in [9.17, 15) is 29.1 Å². The van der Waals surface area contributed by atoms with Crippen LogP contribution in [-0.4, -0.2) is 72.9 Å². The number of rotatable bonds is 25. The van der Waals surface area contributed by atoms with Crippen LogP contribution >= 0.6 is 0 Å². The Morgan fingerprint density at radius 2 is 1.22 bits per heavy atom. The largest absolute Gasteiger partial charge is 0.489 e. The number of aliphatic hydroxyl groups excluding tert-OH is 1. The number of aliphatic hydroxyl groups is 1. The number of fused-ring (bicyclic) bond motifs is 3. The molecule has 13 nitrogen and oxygen atoms in total. The van der Waals surface area contributed by atoms with Crippen molar-refractivity contribution in [3.05, 3.63) is 187 Å². The Hall–Kier alpha value is -7.51. The molecule has 0 saturated heterocycles. The van der Waals surface area contributed by atoms with Crippen LogP contribution in [0, 0.1) is 5.92 Å². The van der Waals surface area contributed by atoms with E-state index in [0.717, 1.165) is 33.4 Å². The van der Waals surface area contributed by atoms with Gasteiger partial charge in [-0.15, -0.1) is 13.2 Å². The predicted molar refractivity (Wildman–Crippen MR) is 253 cm³/mol. The van der Waals surface area contributed by atoms with E-state index in [1.54, 1.807) is 30.3 Å². The van der Waals surface area contributed by atoms with Gasteiger partial charge in [0.15, 0.2) is 6.04 Å². The van der Waals surface area contributed by atoms with Crippen LogP contribution in [0.4, 0.5) is 4.79 Å². The second-order valence-electron chi connectivity index (χ2n) is 16.2. The monoisotopic (exact) mass is 907 g/mol. The van der Waals surface area contributed by atoms with Crippen LogP contribution in [0.3, 0.4) is 0 Å². The zero-order chi connectivity index (χ0) is 47.4. The molecule has 6 rings (SSSR count). The molecule has 0 saturated carbocycles. The topological polar surface area (TPSA) is 179 Å². The van der Waals surface area contributed by atoms with Crippen molar-refractivity contribution < 1.29 is 48.0 Å². The molecule has 67 heavy (non-hydrogen) atoms. The van der Waals surface area contributed by atoms with Crippen LogP contribution in [0.5, 0.6) is 5.75 Å². The highest BCUT2D eigenvalue weighted by atomic mass is 16.6. The lowest BCUT2D eigenvalue weighted by atomic mass is 9.98. The lowest BCUT2D eigenvalue weighted by molar-refractivity contribution is -0.156. The third-order valence-electron chi connectivity index (χ3n) is 11.3. The molecule has 0 bridgehead atoms. The van der Waals surface area contributed by atoms with Crippen LogP contribution in [0.15, 0.2) is 159 Å². The van der Waals surface area contributed by atoms with Crippen molar-refractivity contribution in [1.82, 2.24) is 16.0 Å². The molecule has 0 fully saturated rings. The van der Waals surface area contributed by atoms with Gasteiger partial charge in [-0.25, -0.2) is 14.4 Å². The van der Waals surface area contributed by atoms with E-state index in [2.05, 4.69) is 29.1 Å². The zero-order valence-corrected chi connectivity index (χ0v) is 37.3. The summed E-state index contributed by atoms with van der Waals surface area (Å²) in [6.07, 6.45) is 2.74. The third kappa shape index (κ3) is 14.5. The van der Waals surface area contributed by atoms with Gasteiger partial charge in [0.05, 0.1) is 18.6 Å². The van der Waals surface area contributed by atoms with E-state index in [1.165, 1.54) is 6.08 Å². The number of amides is 3. The van der Waals surface area contributed by atoms with Gasteiger partial charge in [-0.1, -0.05) is 133 Å². The van der Waals surface area contributed by atoms with Gasteiger partial charge in [0.1, 0.15) is 38.2 Å². The molecule has 5 aromatic carbocycles. The molecule has 0 spiro atoms. The smallest absolute Gasteiger partial charge is 0.407 e. The number of esters is 2. The SMILES string of the molecule is C=CCC[C@H](NC(=O)OCC1c2ccccc2-c2ccccc21)C(=O)OC[C@@H](NC(=O)[C@H](CC=C)CC(=O)N[C@H](CO)Cc1ccc(OCc2ccccc2)cc1)C(=O)OCc1ccccc1. The van der Waals surface area contributed by atoms with E-state index in [-0.39, 0.29) is 45.0 Å². The number of benzene rings is 5. The average Bonchev–Trinajstić information content (AvgIpc) is 3.68.